The van der Waals surface area contributed by atoms with Crippen LogP contribution in [0.2, 0.25) is 0 Å². The summed E-state index contributed by atoms with van der Waals surface area (Å²) in [5.74, 6) is -0.363. The molecule has 9 nitrogen and oxygen atoms in total. The maximum absolute atomic E-state index is 12.4. The standard InChI is InChI=1S/C22H21N5O4/c1-13-5-7-16-14(11-13)9-10-23-20(16)26(27(29)30)15-6-8-17-18(12-15)24-25-19(17)21(28)31-22(2,3)4/h5-12H,1-4H3,(H,24,25). The molecule has 2 heterocycles. The number of ether oxygens (including phenoxy) is 1. The second-order valence-electron chi connectivity index (χ2n) is 8.21. The number of H-pyrrole nitrogens is 1. The van der Waals surface area contributed by atoms with Crippen LogP contribution in [-0.2, 0) is 4.74 Å². The molecular weight excluding hydrogens is 398 g/mol. The Morgan fingerprint density at radius 1 is 1.13 bits per heavy atom. The third kappa shape index (κ3) is 3.89. The maximum atomic E-state index is 12.4. The van der Waals surface area contributed by atoms with E-state index in [0.29, 0.717) is 16.3 Å². The minimum absolute atomic E-state index is 0.128. The number of aryl methyl sites for hydroxylation is 1. The monoisotopic (exact) mass is 419 g/mol. The number of anilines is 2. The third-order valence-electron chi connectivity index (χ3n) is 4.65. The highest BCUT2D eigenvalue weighted by atomic mass is 16.7. The van der Waals surface area contributed by atoms with Gasteiger partial charge >= 0.3 is 5.97 Å². The van der Waals surface area contributed by atoms with Crippen LogP contribution in [0.4, 0.5) is 11.5 Å². The van der Waals surface area contributed by atoms with E-state index in [1.807, 2.05) is 31.2 Å². The van der Waals surface area contributed by atoms with Crippen LogP contribution in [0.1, 0.15) is 36.8 Å². The average Bonchev–Trinajstić information content (AvgIpc) is 3.10. The van der Waals surface area contributed by atoms with Crippen LogP contribution in [0, 0.1) is 17.0 Å². The summed E-state index contributed by atoms with van der Waals surface area (Å²) in [5, 5.41) is 21.3. The van der Waals surface area contributed by atoms with E-state index in [9.17, 15) is 14.9 Å². The van der Waals surface area contributed by atoms with Crippen LogP contribution in [0.15, 0.2) is 48.7 Å². The number of nitrogens with zero attached hydrogens (tertiary/aromatic N) is 4. The van der Waals surface area contributed by atoms with Gasteiger partial charge < -0.3 is 4.74 Å². The molecule has 0 amide bonds. The predicted octanol–water partition coefficient (Wildman–Crippen LogP) is 4.70. The number of aromatic amines is 1. The number of nitro groups is 1. The molecule has 0 unspecified atom stereocenters. The summed E-state index contributed by atoms with van der Waals surface area (Å²) in [6, 6.07) is 12.2. The summed E-state index contributed by atoms with van der Waals surface area (Å²) in [4.78, 5) is 28.7. The Morgan fingerprint density at radius 3 is 2.58 bits per heavy atom. The second-order valence-corrected chi connectivity index (χ2v) is 8.21. The van der Waals surface area contributed by atoms with Crippen molar-refractivity contribution in [2.45, 2.75) is 33.3 Å². The molecule has 158 valence electrons. The van der Waals surface area contributed by atoms with Crippen molar-refractivity contribution in [3.8, 4) is 0 Å². The summed E-state index contributed by atoms with van der Waals surface area (Å²) in [6.45, 7) is 7.27. The summed E-state index contributed by atoms with van der Waals surface area (Å²) in [6.07, 6.45) is 1.54. The lowest BCUT2D eigenvalue weighted by Crippen LogP contribution is -2.25. The molecule has 2 aromatic carbocycles. The molecule has 9 heteroatoms. The van der Waals surface area contributed by atoms with Crippen molar-refractivity contribution in [3.05, 3.63) is 70.0 Å². The van der Waals surface area contributed by atoms with E-state index >= 15 is 0 Å². The van der Waals surface area contributed by atoms with Crippen molar-refractivity contribution in [1.29, 1.82) is 0 Å². The highest BCUT2D eigenvalue weighted by Gasteiger charge is 2.27. The summed E-state index contributed by atoms with van der Waals surface area (Å²) >= 11 is 0. The lowest BCUT2D eigenvalue weighted by atomic mass is 10.1. The minimum Gasteiger partial charge on any atom is -0.455 e. The van der Waals surface area contributed by atoms with Crippen molar-refractivity contribution in [2.75, 3.05) is 5.01 Å². The quantitative estimate of drug-likeness (QED) is 0.289. The first kappa shape index (κ1) is 20.3. The molecule has 2 aromatic heterocycles. The van der Waals surface area contributed by atoms with E-state index in [0.717, 1.165) is 16.0 Å². The number of fused-ring (bicyclic) bond motifs is 2. The molecule has 0 aliphatic rings. The lowest BCUT2D eigenvalue weighted by Gasteiger charge is -2.18. The number of hydrogen-bond acceptors (Lipinski definition) is 6. The normalized spacial score (nSPS) is 11.6. The first-order valence-corrected chi connectivity index (χ1v) is 9.65. The second kappa shape index (κ2) is 7.35. The van der Waals surface area contributed by atoms with Gasteiger partial charge in [0.25, 0.3) is 0 Å². The van der Waals surface area contributed by atoms with Gasteiger partial charge in [0, 0.05) is 17.0 Å². The zero-order chi connectivity index (χ0) is 22.3. The van der Waals surface area contributed by atoms with Gasteiger partial charge in [-0.2, -0.15) is 5.10 Å². The summed E-state index contributed by atoms with van der Waals surface area (Å²) in [7, 11) is 0. The van der Waals surface area contributed by atoms with E-state index in [4.69, 9.17) is 4.74 Å². The van der Waals surface area contributed by atoms with Crippen molar-refractivity contribution in [1.82, 2.24) is 15.2 Å². The van der Waals surface area contributed by atoms with E-state index < -0.39 is 16.6 Å². The number of hydrogen-bond donors (Lipinski definition) is 1. The fourth-order valence-corrected chi connectivity index (χ4v) is 3.37. The molecule has 0 saturated carbocycles. The van der Waals surface area contributed by atoms with Crippen LogP contribution in [0.3, 0.4) is 0 Å². The molecule has 0 atom stereocenters. The lowest BCUT2D eigenvalue weighted by molar-refractivity contribution is -0.483. The molecule has 0 radical (unpaired) electrons. The van der Waals surface area contributed by atoms with Gasteiger partial charge in [-0.25, -0.2) is 19.9 Å². The first-order chi connectivity index (χ1) is 14.6. The molecule has 0 saturated heterocycles. The van der Waals surface area contributed by atoms with Gasteiger partial charge in [0.2, 0.25) is 5.82 Å². The van der Waals surface area contributed by atoms with Gasteiger partial charge in [-0.05, 0) is 62.4 Å². The molecule has 4 rings (SSSR count). The number of nitrogens with one attached hydrogen (secondary N) is 1. The zero-order valence-electron chi connectivity index (χ0n) is 17.5. The van der Waals surface area contributed by atoms with Crippen molar-refractivity contribution in [3.63, 3.8) is 0 Å². The molecule has 0 spiro atoms. The Bertz CT molecular complexity index is 1320. The smallest absolute Gasteiger partial charge is 0.360 e. The van der Waals surface area contributed by atoms with Gasteiger partial charge in [-0.15, -0.1) is 0 Å². The molecule has 0 fully saturated rings. The van der Waals surface area contributed by atoms with Crippen LogP contribution in [0.25, 0.3) is 21.7 Å². The molecule has 0 aliphatic heterocycles. The Labute approximate surface area is 177 Å². The average molecular weight is 419 g/mol. The Kier molecular flexibility index (Phi) is 4.81. The van der Waals surface area contributed by atoms with E-state index in [1.54, 1.807) is 45.2 Å². The number of rotatable bonds is 4. The molecule has 0 bridgehead atoms. The fourth-order valence-electron chi connectivity index (χ4n) is 3.37. The topological polar surface area (TPSA) is 114 Å². The highest BCUT2D eigenvalue weighted by Crippen LogP contribution is 2.33. The zero-order valence-corrected chi connectivity index (χ0v) is 17.5. The number of benzene rings is 2. The number of aromatic nitrogens is 3. The minimum atomic E-state index is -0.664. The van der Waals surface area contributed by atoms with E-state index in [1.165, 1.54) is 0 Å². The van der Waals surface area contributed by atoms with Gasteiger partial charge in [0.05, 0.1) is 5.52 Å². The van der Waals surface area contributed by atoms with Gasteiger partial charge in [0.15, 0.2) is 10.7 Å². The highest BCUT2D eigenvalue weighted by molar-refractivity contribution is 6.03. The number of pyridine rings is 1. The number of hydrazine groups is 1. The summed E-state index contributed by atoms with van der Waals surface area (Å²) in [5.41, 5.74) is 1.26. The fraction of sp³-hybridized carbons (Fsp3) is 0.227. The van der Waals surface area contributed by atoms with Crippen LogP contribution < -0.4 is 5.01 Å². The van der Waals surface area contributed by atoms with Crippen molar-refractivity contribution in [2.24, 2.45) is 0 Å². The maximum Gasteiger partial charge on any atom is 0.360 e. The van der Waals surface area contributed by atoms with E-state index in [2.05, 4.69) is 15.2 Å². The molecule has 4 aromatic rings. The Balaban J connectivity index is 1.80. The van der Waals surface area contributed by atoms with Crippen LogP contribution >= 0.6 is 0 Å². The third-order valence-corrected chi connectivity index (χ3v) is 4.65. The Morgan fingerprint density at radius 2 is 1.87 bits per heavy atom. The van der Waals surface area contributed by atoms with Gasteiger partial charge in [-0.3, -0.25) is 5.10 Å². The van der Waals surface area contributed by atoms with Gasteiger partial charge in [-0.1, -0.05) is 23.8 Å². The molecule has 0 aliphatic carbocycles. The largest absolute Gasteiger partial charge is 0.455 e. The van der Waals surface area contributed by atoms with Crippen LogP contribution in [-0.4, -0.2) is 31.8 Å². The SMILES string of the molecule is Cc1ccc2c(N(c3ccc4c(C(=O)OC(C)(C)C)n[nH]c4c3)[N+](=O)[O-])nccc2c1. The van der Waals surface area contributed by atoms with Crippen LogP contribution in [0.5, 0.6) is 0 Å². The van der Waals surface area contributed by atoms with E-state index in [-0.39, 0.29) is 17.2 Å². The molecular formula is C22H21N5O4. The number of carbonyl (C=O) groups is 1. The number of esters is 1. The first-order valence-electron chi connectivity index (χ1n) is 9.65. The number of carbonyl (C=O) groups excluding carboxylic acids is 1. The summed E-state index contributed by atoms with van der Waals surface area (Å²) < 4.78 is 5.38. The van der Waals surface area contributed by atoms with Gasteiger partial charge in [0.1, 0.15) is 11.3 Å². The molecule has 1 N–H and O–H groups in total. The van der Waals surface area contributed by atoms with Crippen molar-refractivity contribution < 1.29 is 14.6 Å². The Hall–Kier alpha value is -4.01. The van der Waals surface area contributed by atoms with Crippen molar-refractivity contribution >= 4 is 39.1 Å². The predicted molar refractivity (Wildman–Crippen MR) is 117 cm³/mol. The molecule has 31 heavy (non-hydrogen) atoms.